The van der Waals surface area contributed by atoms with Crippen LogP contribution in [-0.2, 0) is 4.74 Å². The zero-order valence-electron chi connectivity index (χ0n) is 19.2. The number of benzene rings is 2. The van der Waals surface area contributed by atoms with E-state index in [2.05, 4.69) is 58.3 Å². The Morgan fingerprint density at radius 3 is 2.55 bits per heavy atom. The Hall–Kier alpha value is -2.62. The third-order valence-electron chi connectivity index (χ3n) is 4.49. The van der Waals surface area contributed by atoms with Crippen molar-refractivity contribution in [3.63, 3.8) is 0 Å². The summed E-state index contributed by atoms with van der Waals surface area (Å²) in [6, 6.07) is 9.74. The van der Waals surface area contributed by atoms with Gasteiger partial charge >= 0.3 is 0 Å². The van der Waals surface area contributed by atoms with Gasteiger partial charge in [-0.15, -0.1) is 6.58 Å². The molecule has 0 aliphatic heterocycles. The van der Waals surface area contributed by atoms with Gasteiger partial charge in [0.2, 0.25) is 0 Å². The van der Waals surface area contributed by atoms with Crippen molar-refractivity contribution in [1.29, 1.82) is 0 Å². The van der Waals surface area contributed by atoms with Crippen molar-refractivity contribution >= 4 is 39.5 Å². The summed E-state index contributed by atoms with van der Waals surface area (Å²) in [5, 5.41) is 7.46. The maximum Gasteiger partial charge on any atom is 0.187 e. The summed E-state index contributed by atoms with van der Waals surface area (Å²) >= 11 is 8.62. The van der Waals surface area contributed by atoms with Crippen molar-refractivity contribution in [2.24, 2.45) is 5.10 Å². The Bertz CT molecular complexity index is 969. The van der Waals surface area contributed by atoms with E-state index in [0.29, 0.717) is 49.6 Å². The van der Waals surface area contributed by atoms with Gasteiger partial charge < -0.3 is 24.3 Å². The standard InChI is InChI=1S/C24H30BrN3O4S/c1-5-8-26-24(33)28-27-16-19-14-21(25)23(22(15-19)29-4)32-12-10-30-9-11-31-20-7-6-17(2)18(3)13-20/h5-7,13-16H,1,8-12H2,2-4H3,(H2,26,28,33)/b27-16-. The zero-order valence-corrected chi connectivity index (χ0v) is 21.6. The first-order chi connectivity index (χ1) is 15.9. The topological polar surface area (TPSA) is 73.3 Å². The van der Waals surface area contributed by atoms with Gasteiger partial charge in [-0.3, -0.25) is 5.43 Å². The molecule has 2 aromatic carbocycles. The number of nitrogens with zero attached hydrogens (tertiary/aromatic N) is 1. The summed E-state index contributed by atoms with van der Waals surface area (Å²) in [7, 11) is 1.59. The Morgan fingerprint density at radius 2 is 1.85 bits per heavy atom. The third-order valence-corrected chi connectivity index (χ3v) is 5.31. The van der Waals surface area contributed by atoms with E-state index in [-0.39, 0.29) is 0 Å². The highest BCUT2D eigenvalue weighted by Gasteiger charge is 2.11. The van der Waals surface area contributed by atoms with Gasteiger partial charge in [0.25, 0.3) is 0 Å². The minimum Gasteiger partial charge on any atom is -0.493 e. The molecule has 0 unspecified atom stereocenters. The monoisotopic (exact) mass is 535 g/mol. The molecular formula is C24H30BrN3O4S. The van der Waals surface area contributed by atoms with Crippen LogP contribution < -0.4 is 25.0 Å². The van der Waals surface area contributed by atoms with Crippen LogP contribution >= 0.6 is 28.1 Å². The van der Waals surface area contributed by atoms with Crippen molar-refractivity contribution in [2.45, 2.75) is 13.8 Å². The summed E-state index contributed by atoms with van der Waals surface area (Å²) < 4.78 is 23.4. The molecule has 0 saturated heterocycles. The van der Waals surface area contributed by atoms with E-state index in [4.69, 9.17) is 31.2 Å². The molecule has 0 radical (unpaired) electrons. The number of ether oxygens (including phenoxy) is 4. The third kappa shape index (κ3) is 9.41. The number of aryl methyl sites for hydroxylation is 2. The van der Waals surface area contributed by atoms with Crippen LogP contribution in [0.5, 0.6) is 17.2 Å². The zero-order chi connectivity index (χ0) is 24.1. The van der Waals surface area contributed by atoms with Gasteiger partial charge in [-0.25, -0.2) is 0 Å². The van der Waals surface area contributed by atoms with E-state index in [1.165, 1.54) is 11.1 Å². The van der Waals surface area contributed by atoms with E-state index in [1.54, 1.807) is 19.4 Å². The fraction of sp³-hybridized carbons (Fsp3) is 0.333. The molecule has 0 aliphatic rings. The highest BCUT2D eigenvalue weighted by atomic mass is 79.9. The van der Waals surface area contributed by atoms with Crippen molar-refractivity contribution < 1.29 is 18.9 Å². The predicted molar refractivity (Wildman–Crippen MR) is 140 cm³/mol. The quantitative estimate of drug-likeness (QED) is 0.128. The molecule has 178 valence electrons. The molecular weight excluding hydrogens is 506 g/mol. The molecule has 2 aromatic rings. The van der Waals surface area contributed by atoms with Crippen LogP contribution in [0.15, 0.2) is 52.6 Å². The van der Waals surface area contributed by atoms with Crippen LogP contribution in [0.2, 0.25) is 0 Å². The fourth-order valence-electron chi connectivity index (χ4n) is 2.65. The van der Waals surface area contributed by atoms with E-state index >= 15 is 0 Å². The van der Waals surface area contributed by atoms with Crippen LogP contribution in [-0.4, -0.2) is 51.4 Å². The van der Waals surface area contributed by atoms with Crippen molar-refractivity contribution in [3.05, 3.63) is 64.1 Å². The molecule has 0 atom stereocenters. The van der Waals surface area contributed by atoms with Gasteiger partial charge in [0.05, 0.1) is 31.0 Å². The van der Waals surface area contributed by atoms with E-state index in [1.807, 2.05) is 24.3 Å². The smallest absolute Gasteiger partial charge is 0.187 e. The number of thiocarbonyl (C=S) groups is 1. The molecule has 0 amide bonds. The average Bonchev–Trinajstić information content (AvgIpc) is 2.80. The maximum atomic E-state index is 5.86. The lowest BCUT2D eigenvalue weighted by molar-refractivity contribution is 0.0755. The molecule has 2 N–H and O–H groups in total. The summed E-state index contributed by atoms with van der Waals surface area (Å²) in [5.74, 6) is 2.03. The Labute approximate surface area is 209 Å². The van der Waals surface area contributed by atoms with Crippen LogP contribution in [0.3, 0.4) is 0 Å². The van der Waals surface area contributed by atoms with E-state index < -0.39 is 0 Å². The number of hydrazone groups is 1. The Balaban J connectivity index is 1.76. The summed E-state index contributed by atoms with van der Waals surface area (Å²) in [6.45, 7) is 10.1. The largest absolute Gasteiger partial charge is 0.493 e. The Kier molecular flexibility index (Phi) is 11.7. The molecule has 0 fully saturated rings. The fourth-order valence-corrected chi connectivity index (χ4v) is 3.36. The van der Waals surface area contributed by atoms with Gasteiger partial charge in [-0.05, 0) is 83.0 Å². The SMILES string of the molecule is C=CCNC(=S)N/N=C\c1cc(Br)c(OCCOCCOc2ccc(C)c(C)c2)c(OC)c1. The molecule has 0 heterocycles. The summed E-state index contributed by atoms with van der Waals surface area (Å²) in [4.78, 5) is 0. The molecule has 0 spiro atoms. The second-order valence-corrected chi connectivity index (χ2v) is 8.22. The van der Waals surface area contributed by atoms with Gasteiger partial charge in [0.1, 0.15) is 19.0 Å². The molecule has 0 saturated carbocycles. The minimum absolute atomic E-state index is 0.372. The van der Waals surface area contributed by atoms with Crippen molar-refractivity contribution in [2.75, 3.05) is 40.1 Å². The predicted octanol–water partition coefficient (Wildman–Crippen LogP) is 4.53. The normalized spacial score (nSPS) is 10.7. The highest BCUT2D eigenvalue weighted by Crippen LogP contribution is 2.36. The molecule has 7 nitrogen and oxygen atoms in total. The molecule has 0 bridgehead atoms. The van der Waals surface area contributed by atoms with Crippen LogP contribution in [0.4, 0.5) is 0 Å². The second kappa shape index (κ2) is 14.5. The van der Waals surface area contributed by atoms with Crippen molar-refractivity contribution in [3.8, 4) is 17.2 Å². The first-order valence-corrected chi connectivity index (χ1v) is 11.6. The molecule has 0 aliphatic carbocycles. The summed E-state index contributed by atoms with van der Waals surface area (Å²) in [6.07, 6.45) is 3.35. The number of hydrogen-bond acceptors (Lipinski definition) is 6. The number of methoxy groups -OCH3 is 1. The van der Waals surface area contributed by atoms with Crippen molar-refractivity contribution in [1.82, 2.24) is 10.7 Å². The van der Waals surface area contributed by atoms with Gasteiger partial charge in [-0.2, -0.15) is 5.10 Å². The Morgan fingerprint density at radius 1 is 1.09 bits per heavy atom. The first kappa shape index (κ1) is 26.6. The first-order valence-electron chi connectivity index (χ1n) is 10.4. The minimum atomic E-state index is 0.372. The van der Waals surface area contributed by atoms with Gasteiger partial charge in [-0.1, -0.05) is 12.1 Å². The van der Waals surface area contributed by atoms with E-state index in [0.717, 1.165) is 15.8 Å². The number of hydrogen-bond donors (Lipinski definition) is 2. The molecule has 33 heavy (non-hydrogen) atoms. The lowest BCUT2D eigenvalue weighted by Gasteiger charge is -2.14. The van der Waals surface area contributed by atoms with Crippen LogP contribution in [0.25, 0.3) is 0 Å². The molecule has 0 aromatic heterocycles. The summed E-state index contributed by atoms with van der Waals surface area (Å²) in [5.41, 5.74) is 6.00. The molecule has 9 heteroatoms. The lowest BCUT2D eigenvalue weighted by atomic mass is 10.1. The lowest BCUT2D eigenvalue weighted by Crippen LogP contribution is -2.31. The van der Waals surface area contributed by atoms with E-state index in [9.17, 15) is 0 Å². The highest BCUT2D eigenvalue weighted by molar-refractivity contribution is 9.10. The van der Waals surface area contributed by atoms with Gasteiger partial charge in [0.15, 0.2) is 16.6 Å². The van der Waals surface area contributed by atoms with Gasteiger partial charge in [0, 0.05) is 6.54 Å². The van der Waals surface area contributed by atoms with Crippen LogP contribution in [0.1, 0.15) is 16.7 Å². The average molecular weight is 536 g/mol. The second-order valence-electron chi connectivity index (χ2n) is 6.96. The number of halogens is 1. The van der Waals surface area contributed by atoms with Crippen LogP contribution in [0, 0.1) is 13.8 Å². The molecule has 2 rings (SSSR count). The number of rotatable bonds is 13. The maximum absolute atomic E-state index is 5.86. The number of nitrogens with one attached hydrogen (secondary N) is 2.